The number of hydrogen-bond donors (Lipinski definition) is 1. The Labute approximate surface area is 157 Å². The Kier molecular flexibility index (Phi) is 5.58. The Morgan fingerprint density at radius 3 is 2.37 bits per heavy atom. The van der Waals surface area contributed by atoms with Crippen molar-refractivity contribution in [2.24, 2.45) is 0 Å². The molecule has 0 radical (unpaired) electrons. The van der Waals surface area contributed by atoms with Crippen molar-refractivity contribution >= 4 is 29.2 Å². The molecule has 0 fully saturated rings. The van der Waals surface area contributed by atoms with Crippen molar-refractivity contribution in [1.29, 1.82) is 0 Å². The number of nitrogens with one attached hydrogen (secondary N) is 1. The number of carbonyl (C=O) groups is 3. The molecular weight excluding hydrogens is 351 g/mol. The van der Waals surface area contributed by atoms with E-state index in [0.29, 0.717) is 36.1 Å². The number of anilines is 2. The molecule has 1 N–H and O–H groups in total. The van der Waals surface area contributed by atoms with Crippen molar-refractivity contribution in [2.45, 2.75) is 52.0 Å². The Hall–Kier alpha value is -2.70. The Morgan fingerprint density at radius 1 is 1.19 bits per heavy atom. The number of amides is 2. The lowest BCUT2D eigenvalue weighted by Crippen LogP contribution is -2.33. The van der Waals surface area contributed by atoms with Crippen LogP contribution in [0.1, 0.15) is 46.0 Å². The van der Waals surface area contributed by atoms with Crippen molar-refractivity contribution in [2.75, 3.05) is 16.8 Å². The summed E-state index contributed by atoms with van der Waals surface area (Å²) in [6.07, 6.45) is 3.29. The smallest absolute Gasteiger partial charge is 0.328 e. The largest absolute Gasteiger partial charge is 0.464 e. The third-order valence-corrected chi connectivity index (χ3v) is 4.90. The second-order valence-electron chi connectivity index (χ2n) is 6.63. The van der Waals surface area contributed by atoms with Crippen molar-refractivity contribution in [3.8, 4) is 0 Å². The van der Waals surface area contributed by atoms with Crippen LogP contribution in [0.15, 0.2) is 29.3 Å². The summed E-state index contributed by atoms with van der Waals surface area (Å²) in [4.78, 5) is 38.2. The molecular formula is C20H23FN2O4. The van der Waals surface area contributed by atoms with Crippen molar-refractivity contribution < 1.29 is 23.5 Å². The van der Waals surface area contributed by atoms with E-state index in [9.17, 15) is 18.8 Å². The number of imide groups is 1. The minimum Gasteiger partial charge on any atom is -0.464 e. The first-order valence-electron chi connectivity index (χ1n) is 9.31. The summed E-state index contributed by atoms with van der Waals surface area (Å²) < 4.78 is 19.5. The third-order valence-electron chi connectivity index (χ3n) is 4.90. The normalized spacial score (nSPS) is 17.8. The average Bonchev–Trinajstić information content (AvgIpc) is 2.92. The molecule has 0 spiro atoms. The number of nitrogens with zero attached hydrogens (tertiary/aromatic N) is 1. The highest BCUT2D eigenvalue weighted by atomic mass is 19.1. The molecule has 0 bridgehead atoms. The van der Waals surface area contributed by atoms with Crippen LogP contribution in [-0.2, 0) is 19.1 Å². The van der Waals surface area contributed by atoms with Crippen LogP contribution in [0.4, 0.5) is 15.8 Å². The lowest BCUT2D eigenvalue weighted by atomic mass is 9.93. The lowest BCUT2D eigenvalue weighted by molar-refractivity contribution is -0.144. The molecule has 1 atom stereocenters. The van der Waals surface area contributed by atoms with E-state index in [1.165, 1.54) is 18.2 Å². The third kappa shape index (κ3) is 3.59. The maximum absolute atomic E-state index is 14.5. The van der Waals surface area contributed by atoms with Gasteiger partial charge in [0.15, 0.2) is 0 Å². The van der Waals surface area contributed by atoms with Gasteiger partial charge in [0.25, 0.3) is 11.8 Å². The van der Waals surface area contributed by atoms with Crippen LogP contribution in [-0.4, -0.2) is 30.4 Å². The summed E-state index contributed by atoms with van der Waals surface area (Å²) in [5, 5.41) is 2.99. The first-order chi connectivity index (χ1) is 13.0. The van der Waals surface area contributed by atoms with Crippen LogP contribution < -0.4 is 10.2 Å². The fraction of sp³-hybridized carbons (Fsp3) is 0.450. The van der Waals surface area contributed by atoms with Gasteiger partial charge in [0.05, 0.1) is 12.3 Å². The molecule has 27 heavy (non-hydrogen) atoms. The Bertz CT molecular complexity index is 790. The lowest BCUT2D eigenvalue weighted by Gasteiger charge is -2.20. The van der Waals surface area contributed by atoms with Crippen molar-refractivity contribution in [3.63, 3.8) is 0 Å². The summed E-state index contributed by atoms with van der Waals surface area (Å²) in [7, 11) is 0. The van der Waals surface area contributed by atoms with Crippen LogP contribution in [0.3, 0.4) is 0 Å². The molecule has 0 saturated heterocycles. The second kappa shape index (κ2) is 7.90. The number of hydrogen-bond acceptors (Lipinski definition) is 5. The molecule has 144 valence electrons. The maximum atomic E-state index is 14.5. The first kappa shape index (κ1) is 19.1. The first-order valence-corrected chi connectivity index (χ1v) is 9.31. The van der Waals surface area contributed by atoms with Gasteiger partial charge in [-0.05, 0) is 57.2 Å². The summed E-state index contributed by atoms with van der Waals surface area (Å²) >= 11 is 0. The van der Waals surface area contributed by atoms with Gasteiger partial charge in [0.1, 0.15) is 11.9 Å². The number of carbonyl (C=O) groups excluding carboxylic acids is 3. The molecule has 3 rings (SSSR count). The van der Waals surface area contributed by atoms with E-state index in [4.69, 9.17) is 4.74 Å². The summed E-state index contributed by atoms with van der Waals surface area (Å²) in [5.41, 5.74) is 1.35. The molecule has 0 aromatic heterocycles. The minimum atomic E-state index is -0.661. The molecule has 1 aromatic carbocycles. The van der Waals surface area contributed by atoms with Gasteiger partial charge in [0.2, 0.25) is 0 Å². The van der Waals surface area contributed by atoms with E-state index in [2.05, 4.69) is 5.32 Å². The van der Waals surface area contributed by atoms with Gasteiger partial charge < -0.3 is 10.1 Å². The standard InChI is InChI=1S/C20H23FN2O4/c1-3-16(20(26)27-4-2)22-12-9-10-15(21)17(11-12)23-18(24)13-7-5-6-8-14(13)19(23)25/h9-11,16,22H,3-8H2,1-2H3. The Morgan fingerprint density at radius 2 is 1.81 bits per heavy atom. The summed E-state index contributed by atoms with van der Waals surface area (Å²) in [6, 6.07) is 3.46. The van der Waals surface area contributed by atoms with Gasteiger partial charge in [-0.2, -0.15) is 0 Å². The van der Waals surface area contributed by atoms with E-state index < -0.39 is 29.6 Å². The number of halogens is 1. The van der Waals surface area contributed by atoms with Gasteiger partial charge >= 0.3 is 5.97 Å². The molecule has 1 heterocycles. The SMILES string of the molecule is CCOC(=O)C(CC)Nc1ccc(F)c(N2C(=O)C3=C(CCCC3)C2=O)c1. The molecule has 1 aromatic rings. The molecule has 2 aliphatic rings. The van der Waals surface area contributed by atoms with Crippen LogP contribution in [0.2, 0.25) is 0 Å². The molecule has 7 heteroatoms. The van der Waals surface area contributed by atoms with Crippen LogP contribution in [0.25, 0.3) is 0 Å². The van der Waals surface area contributed by atoms with E-state index in [1.807, 2.05) is 6.92 Å². The highest BCUT2D eigenvalue weighted by Crippen LogP contribution is 2.37. The number of ether oxygens (including phenoxy) is 1. The molecule has 0 saturated carbocycles. The summed E-state index contributed by atoms with van der Waals surface area (Å²) in [6.45, 7) is 3.81. The summed E-state index contributed by atoms with van der Waals surface area (Å²) in [5.74, 6) is -1.95. The zero-order valence-corrected chi connectivity index (χ0v) is 15.5. The zero-order valence-electron chi connectivity index (χ0n) is 15.5. The number of esters is 1. The van der Waals surface area contributed by atoms with E-state index in [-0.39, 0.29) is 12.3 Å². The molecule has 1 aliphatic carbocycles. The number of benzene rings is 1. The van der Waals surface area contributed by atoms with E-state index in [1.54, 1.807) is 6.92 Å². The van der Waals surface area contributed by atoms with Gasteiger partial charge in [-0.1, -0.05) is 6.92 Å². The number of rotatable bonds is 6. The molecule has 2 amide bonds. The predicted molar refractivity (Wildman–Crippen MR) is 98.7 cm³/mol. The predicted octanol–water partition coefficient (Wildman–Crippen LogP) is 3.32. The fourth-order valence-electron chi connectivity index (χ4n) is 3.50. The van der Waals surface area contributed by atoms with E-state index in [0.717, 1.165) is 17.7 Å². The molecule has 1 aliphatic heterocycles. The second-order valence-corrected chi connectivity index (χ2v) is 6.63. The monoisotopic (exact) mass is 374 g/mol. The van der Waals surface area contributed by atoms with Gasteiger partial charge in [-0.3, -0.25) is 9.59 Å². The maximum Gasteiger partial charge on any atom is 0.328 e. The van der Waals surface area contributed by atoms with Gasteiger partial charge in [0, 0.05) is 16.8 Å². The quantitative estimate of drug-likeness (QED) is 0.611. The van der Waals surface area contributed by atoms with E-state index >= 15 is 0 Å². The minimum absolute atomic E-state index is 0.0943. The zero-order chi connectivity index (χ0) is 19.6. The fourth-order valence-corrected chi connectivity index (χ4v) is 3.50. The Balaban J connectivity index is 1.87. The molecule has 6 nitrogen and oxygen atoms in total. The van der Waals surface area contributed by atoms with Crippen LogP contribution in [0.5, 0.6) is 0 Å². The van der Waals surface area contributed by atoms with Crippen LogP contribution >= 0.6 is 0 Å². The van der Waals surface area contributed by atoms with Crippen molar-refractivity contribution in [1.82, 2.24) is 0 Å². The van der Waals surface area contributed by atoms with Gasteiger partial charge in [-0.25, -0.2) is 14.1 Å². The highest BCUT2D eigenvalue weighted by Gasteiger charge is 2.40. The van der Waals surface area contributed by atoms with Crippen LogP contribution in [0, 0.1) is 5.82 Å². The highest BCUT2D eigenvalue weighted by molar-refractivity contribution is 6.33. The average molecular weight is 374 g/mol. The van der Waals surface area contributed by atoms with Crippen molar-refractivity contribution in [3.05, 3.63) is 35.2 Å². The van der Waals surface area contributed by atoms with Gasteiger partial charge in [-0.15, -0.1) is 0 Å². The topological polar surface area (TPSA) is 75.7 Å². The molecule has 1 unspecified atom stereocenters.